The van der Waals surface area contributed by atoms with E-state index in [4.69, 9.17) is 4.12 Å². The van der Waals surface area contributed by atoms with Gasteiger partial charge in [-0.3, -0.25) is 0 Å². The first-order chi connectivity index (χ1) is 12.2. The molecule has 27 heavy (non-hydrogen) atoms. The van der Waals surface area contributed by atoms with Crippen molar-refractivity contribution < 1.29 is 39.2 Å². The summed E-state index contributed by atoms with van der Waals surface area (Å²) in [7, 11) is -7.75. The quantitative estimate of drug-likeness (QED) is 0.398. The Morgan fingerprint density at radius 1 is 0.519 bits per heavy atom. The summed E-state index contributed by atoms with van der Waals surface area (Å²) in [5.74, 6) is -13.4. The molecule has 1 nitrogen and oxygen atoms in total. The van der Waals surface area contributed by atoms with Crippen molar-refractivity contribution in [2.24, 2.45) is 0 Å². The lowest BCUT2D eigenvalue weighted by molar-refractivity contribution is 0.451. The summed E-state index contributed by atoms with van der Waals surface area (Å²) >= 11 is 0. The third-order valence-corrected chi connectivity index (χ3v) is 11.3. The van der Waals surface area contributed by atoms with E-state index in [0.29, 0.717) is 0 Å². The average Bonchev–Trinajstić information content (AvgIpc) is 2.50. The third-order valence-electron chi connectivity index (χ3n) is 3.94. The minimum Gasteiger partial charge on any atom is -0.448 e. The summed E-state index contributed by atoms with van der Waals surface area (Å²) in [5, 5.41) is -2.03. The minimum atomic E-state index is -3.88. The first kappa shape index (κ1) is 21.6. The van der Waals surface area contributed by atoms with E-state index in [1.54, 1.807) is 0 Å². The predicted octanol–water partition coefficient (Wildman–Crippen LogP) is 4.34. The molecule has 0 aromatic heterocycles. The van der Waals surface area contributed by atoms with E-state index >= 15 is 0 Å². The van der Waals surface area contributed by atoms with Gasteiger partial charge in [0.25, 0.3) is 0 Å². The zero-order valence-electron chi connectivity index (χ0n) is 14.6. The highest BCUT2D eigenvalue weighted by Crippen LogP contribution is 2.23. The lowest BCUT2D eigenvalue weighted by atomic mass is 10.3. The molecule has 0 saturated carbocycles. The molecule has 0 amide bonds. The summed E-state index contributed by atoms with van der Waals surface area (Å²) in [4.78, 5) is 0. The SMILES string of the molecule is C[Si](C)(O[Si](C)(C)c1c(F)c(F)cc(F)c1F)c1c(F)c(F)cc(F)c1F. The summed E-state index contributed by atoms with van der Waals surface area (Å²) < 4.78 is 116. The first-order valence-corrected chi connectivity index (χ1v) is 13.4. The van der Waals surface area contributed by atoms with Crippen LogP contribution in [0.5, 0.6) is 0 Å². The molecule has 0 bridgehead atoms. The third kappa shape index (κ3) is 3.80. The van der Waals surface area contributed by atoms with Gasteiger partial charge in [-0.25, -0.2) is 35.1 Å². The van der Waals surface area contributed by atoms with Crippen LogP contribution in [0.15, 0.2) is 12.1 Å². The Hall–Kier alpha value is -1.73. The Balaban J connectivity index is 2.63. The highest BCUT2D eigenvalue weighted by molar-refractivity contribution is 6.97. The van der Waals surface area contributed by atoms with E-state index in [1.165, 1.54) is 0 Å². The van der Waals surface area contributed by atoms with Crippen LogP contribution in [-0.4, -0.2) is 16.6 Å². The fourth-order valence-electron chi connectivity index (χ4n) is 2.94. The van der Waals surface area contributed by atoms with E-state index in [-0.39, 0.29) is 12.1 Å². The van der Waals surface area contributed by atoms with Crippen molar-refractivity contribution in [1.29, 1.82) is 0 Å². The van der Waals surface area contributed by atoms with E-state index < -0.39 is 73.5 Å². The number of halogens is 8. The maximum absolute atomic E-state index is 14.1. The molecule has 0 heterocycles. The molecule has 148 valence electrons. The van der Waals surface area contributed by atoms with Gasteiger partial charge in [0.15, 0.2) is 46.5 Å². The summed E-state index contributed by atoms with van der Waals surface area (Å²) in [6, 6.07) is 0.0327. The number of hydrogen-bond acceptors (Lipinski definition) is 1. The maximum atomic E-state index is 14.1. The molecule has 0 spiro atoms. The molecule has 2 rings (SSSR count). The topological polar surface area (TPSA) is 9.23 Å². The smallest absolute Gasteiger partial charge is 0.212 e. The standard InChI is InChI=1S/C16H14F8OSi2/c1-26(2,15-11(21)7(17)5-8(18)12(15)22)25-27(3,4)16-13(23)9(19)6-10(20)14(16)24/h5-6H,1-4H3. The van der Waals surface area contributed by atoms with Gasteiger partial charge in [-0.1, -0.05) is 0 Å². The number of rotatable bonds is 4. The lowest BCUT2D eigenvalue weighted by Crippen LogP contribution is -2.61. The minimum absolute atomic E-state index is 0.0164. The molecule has 0 aliphatic carbocycles. The zero-order valence-corrected chi connectivity index (χ0v) is 16.6. The average molecular weight is 430 g/mol. The van der Waals surface area contributed by atoms with Crippen LogP contribution in [0.2, 0.25) is 26.2 Å². The van der Waals surface area contributed by atoms with Crippen LogP contribution in [0, 0.1) is 46.5 Å². The van der Waals surface area contributed by atoms with Crippen molar-refractivity contribution in [2.75, 3.05) is 0 Å². The Morgan fingerprint density at radius 3 is 0.963 bits per heavy atom. The Bertz CT molecular complexity index is 788. The highest BCUT2D eigenvalue weighted by atomic mass is 28.4. The van der Waals surface area contributed by atoms with Crippen LogP contribution in [-0.2, 0) is 4.12 Å². The predicted molar refractivity (Wildman–Crippen MR) is 87.9 cm³/mol. The monoisotopic (exact) mass is 430 g/mol. The van der Waals surface area contributed by atoms with Crippen LogP contribution in [0.1, 0.15) is 0 Å². The second-order valence-electron chi connectivity index (χ2n) is 6.81. The Kier molecular flexibility index (Phi) is 5.61. The van der Waals surface area contributed by atoms with Crippen LogP contribution >= 0.6 is 0 Å². The van der Waals surface area contributed by atoms with E-state index in [0.717, 1.165) is 26.2 Å². The number of benzene rings is 2. The van der Waals surface area contributed by atoms with Crippen molar-refractivity contribution in [2.45, 2.75) is 26.2 Å². The maximum Gasteiger partial charge on any atom is 0.212 e. The molecule has 0 saturated heterocycles. The van der Waals surface area contributed by atoms with Gasteiger partial charge < -0.3 is 4.12 Å². The van der Waals surface area contributed by atoms with Crippen LogP contribution in [0.3, 0.4) is 0 Å². The van der Waals surface area contributed by atoms with Crippen molar-refractivity contribution in [3.63, 3.8) is 0 Å². The highest BCUT2D eigenvalue weighted by Gasteiger charge is 2.44. The van der Waals surface area contributed by atoms with Crippen LogP contribution in [0.4, 0.5) is 35.1 Å². The Morgan fingerprint density at radius 2 is 0.741 bits per heavy atom. The van der Waals surface area contributed by atoms with Gasteiger partial charge in [0.1, 0.15) is 0 Å². The van der Waals surface area contributed by atoms with Crippen molar-refractivity contribution in [3.05, 3.63) is 58.7 Å². The molecule has 0 atom stereocenters. The van der Waals surface area contributed by atoms with Gasteiger partial charge in [-0.15, -0.1) is 0 Å². The van der Waals surface area contributed by atoms with Crippen LogP contribution < -0.4 is 10.4 Å². The summed E-state index contributed by atoms with van der Waals surface area (Å²) in [6.07, 6.45) is 0. The molecule has 0 aliphatic rings. The van der Waals surface area contributed by atoms with E-state index in [2.05, 4.69) is 0 Å². The van der Waals surface area contributed by atoms with Gasteiger partial charge in [0.05, 0.1) is 0 Å². The number of hydrogen-bond donors (Lipinski definition) is 0. The molecule has 0 unspecified atom stereocenters. The van der Waals surface area contributed by atoms with Gasteiger partial charge in [-0.2, -0.15) is 0 Å². The molecule has 11 heteroatoms. The Labute approximate surface area is 151 Å². The van der Waals surface area contributed by atoms with Crippen molar-refractivity contribution in [3.8, 4) is 0 Å². The summed E-state index contributed by atoms with van der Waals surface area (Å²) in [5.41, 5.74) is 0. The van der Waals surface area contributed by atoms with Crippen molar-refractivity contribution in [1.82, 2.24) is 0 Å². The van der Waals surface area contributed by atoms with Crippen LogP contribution in [0.25, 0.3) is 0 Å². The second kappa shape index (κ2) is 7.02. The van der Waals surface area contributed by atoms with Gasteiger partial charge >= 0.3 is 0 Å². The zero-order chi connectivity index (χ0) is 20.9. The molecular weight excluding hydrogens is 416 g/mol. The lowest BCUT2D eigenvalue weighted by Gasteiger charge is -2.35. The molecule has 0 fully saturated rings. The largest absolute Gasteiger partial charge is 0.448 e. The fourth-order valence-corrected chi connectivity index (χ4v) is 11.5. The second-order valence-corrected chi connectivity index (χ2v) is 14.7. The molecule has 0 radical (unpaired) electrons. The van der Waals surface area contributed by atoms with Crippen molar-refractivity contribution >= 4 is 27.0 Å². The van der Waals surface area contributed by atoms with Gasteiger partial charge in [0, 0.05) is 22.5 Å². The molecular formula is C16H14F8OSi2. The van der Waals surface area contributed by atoms with E-state index in [1.807, 2.05) is 0 Å². The molecule has 2 aromatic carbocycles. The first-order valence-electron chi connectivity index (χ1n) is 7.57. The van der Waals surface area contributed by atoms with Gasteiger partial charge in [0.2, 0.25) is 16.6 Å². The summed E-state index contributed by atoms with van der Waals surface area (Å²) in [6.45, 7) is 4.59. The fraction of sp³-hybridized carbons (Fsp3) is 0.250. The van der Waals surface area contributed by atoms with Gasteiger partial charge in [-0.05, 0) is 26.2 Å². The normalized spacial score (nSPS) is 12.6. The van der Waals surface area contributed by atoms with E-state index in [9.17, 15) is 35.1 Å². The molecule has 2 aromatic rings. The molecule has 0 N–H and O–H groups in total. The molecule has 0 aliphatic heterocycles.